The highest BCUT2D eigenvalue weighted by atomic mass is 15.0. The number of hydrogen-bond acceptors (Lipinski definition) is 4. The van der Waals surface area contributed by atoms with Crippen molar-refractivity contribution in [1.82, 2.24) is 15.0 Å². The minimum Gasteiger partial charge on any atom is -0.208 e. The molecule has 1 aromatic heterocycles. The molecule has 8 fully saturated rings. The van der Waals surface area contributed by atoms with Gasteiger partial charge in [0, 0.05) is 22.1 Å². The molecule has 4 heteroatoms. The van der Waals surface area contributed by atoms with Crippen LogP contribution in [0.4, 0.5) is 0 Å². The summed E-state index contributed by atoms with van der Waals surface area (Å²) in [6, 6.07) is 33.0. The summed E-state index contributed by atoms with van der Waals surface area (Å²) in [5.74, 6) is 7.52. The van der Waals surface area contributed by atoms with Crippen molar-refractivity contribution in [1.29, 1.82) is 5.26 Å². The fourth-order valence-corrected chi connectivity index (χ4v) is 13.4. The maximum absolute atomic E-state index is 9.93. The summed E-state index contributed by atoms with van der Waals surface area (Å²) in [5.41, 5.74) is 7.40. The fraction of sp³-hybridized carbons (Fsp3) is 0.435. The first-order valence-electron chi connectivity index (χ1n) is 19.4. The highest BCUT2D eigenvalue weighted by molar-refractivity contribution is 5.98. The fourth-order valence-electron chi connectivity index (χ4n) is 13.4. The first-order valence-corrected chi connectivity index (χ1v) is 19.4. The largest absolute Gasteiger partial charge is 0.208 e. The Hall–Kier alpha value is -4.36. The second-order valence-electron chi connectivity index (χ2n) is 17.6. The average molecular weight is 653 g/mol. The van der Waals surface area contributed by atoms with Gasteiger partial charge in [0.1, 0.15) is 0 Å². The molecule has 0 N–H and O–H groups in total. The third-order valence-corrected chi connectivity index (χ3v) is 14.5. The van der Waals surface area contributed by atoms with Crippen LogP contribution >= 0.6 is 0 Å². The van der Waals surface area contributed by atoms with E-state index in [2.05, 4.69) is 66.7 Å². The molecular weight excluding hydrogens is 609 g/mol. The van der Waals surface area contributed by atoms with Crippen molar-refractivity contribution < 1.29 is 0 Å². The molecule has 8 bridgehead atoms. The lowest BCUT2D eigenvalue weighted by Crippen LogP contribution is -2.48. The first kappa shape index (κ1) is 29.4. The van der Waals surface area contributed by atoms with Crippen LogP contribution < -0.4 is 0 Å². The molecule has 0 spiro atoms. The first-order chi connectivity index (χ1) is 24.5. The quantitative estimate of drug-likeness (QED) is 0.190. The second-order valence-corrected chi connectivity index (χ2v) is 17.6. The summed E-state index contributed by atoms with van der Waals surface area (Å²) < 4.78 is 0. The maximum atomic E-state index is 9.93. The van der Waals surface area contributed by atoms with Crippen LogP contribution in [0.25, 0.3) is 44.9 Å². The SMILES string of the molecule is N#Cc1cccc2c(-c3nc(-c4ccc(C56C[C@H]7C[C@H](C5)C[C@@H](C6)C7)cc4)nc(-c4ccccc4C45C[C@H]6C[C@@H](C4)C[C@@H](C5)C6)n3)cccc12. The standard InChI is InChI=1S/C46H44N4/c47-27-35-5-3-8-38-37(35)7-4-9-39(38)43-48-42(34-11-13-36(14-12-34)45-21-28-15-29(22-45)17-30(16-28)23-45)49-44(50-43)40-6-1-2-10-41(40)46-24-31-18-32(25-46)20-33(19-31)26-46/h1-14,28-33H,15-26H2/t28-,29-,30-,31-,32+,33-,45?,46?. The van der Waals surface area contributed by atoms with E-state index in [9.17, 15) is 5.26 Å². The molecule has 0 aliphatic heterocycles. The molecule has 0 unspecified atom stereocenters. The van der Waals surface area contributed by atoms with Crippen LogP contribution in [0.5, 0.6) is 0 Å². The molecule has 13 rings (SSSR count). The van der Waals surface area contributed by atoms with Gasteiger partial charge in [0.2, 0.25) is 0 Å². The van der Waals surface area contributed by atoms with Gasteiger partial charge in [0.05, 0.1) is 11.6 Å². The lowest BCUT2D eigenvalue weighted by Gasteiger charge is -2.57. The molecule has 50 heavy (non-hydrogen) atoms. The predicted molar refractivity (Wildman–Crippen MR) is 198 cm³/mol. The highest BCUT2D eigenvalue weighted by Gasteiger charge is 2.53. The van der Waals surface area contributed by atoms with Crippen LogP contribution in [-0.2, 0) is 10.8 Å². The third-order valence-electron chi connectivity index (χ3n) is 14.5. The van der Waals surface area contributed by atoms with Crippen LogP contribution in [0.2, 0.25) is 0 Å². The van der Waals surface area contributed by atoms with E-state index >= 15 is 0 Å². The molecule has 0 radical (unpaired) electrons. The van der Waals surface area contributed by atoms with Crippen LogP contribution in [0, 0.1) is 46.8 Å². The van der Waals surface area contributed by atoms with Crippen LogP contribution in [0.3, 0.4) is 0 Å². The minimum atomic E-state index is 0.221. The van der Waals surface area contributed by atoms with E-state index < -0.39 is 0 Å². The minimum absolute atomic E-state index is 0.221. The molecule has 8 aliphatic carbocycles. The molecule has 8 aliphatic rings. The van der Waals surface area contributed by atoms with E-state index in [1.807, 2.05) is 24.3 Å². The van der Waals surface area contributed by atoms with Crippen molar-refractivity contribution in [2.75, 3.05) is 0 Å². The molecule has 0 saturated heterocycles. The molecule has 1 heterocycles. The molecule has 0 atom stereocenters. The summed E-state index contributed by atoms with van der Waals surface area (Å²) in [7, 11) is 0. The summed E-state index contributed by atoms with van der Waals surface area (Å²) in [6.07, 6.45) is 16.6. The number of nitriles is 1. The number of rotatable bonds is 5. The van der Waals surface area contributed by atoms with Gasteiger partial charge in [0.25, 0.3) is 0 Å². The molecule has 5 aromatic rings. The zero-order chi connectivity index (χ0) is 33.0. The Morgan fingerprint density at radius 2 is 0.980 bits per heavy atom. The molecule has 248 valence electrons. The summed E-state index contributed by atoms with van der Waals surface area (Å²) >= 11 is 0. The van der Waals surface area contributed by atoms with E-state index in [1.54, 1.807) is 0 Å². The Kier molecular flexibility index (Phi) is 6.36. The van der Waals surface area contributed by atoms with Gasteiger partial charge in [-0.1, -0.05) is 78.9 Å². The van der Waals surface area contributed by atoms with E-state index in [0.717, 1.165) is 69.1 Å². The smallest absolute Gasteiger partial charge is 0.164 e. The molecular formula is C46H44N4. The van der Waals surface area contributed by atoms with Crippen molar-refractivity contribution in [3.05, 3.63) is 102 Å². The summed E-state index contributed by atoms with van der Waals surface area (Å²) in [6.45, 7) is 0. The molecule has 8 saturated carbocycles. The van der Waals surface area contributed by atoms with Crippen molar-refractivity contribution in [2.45, 2.75) is 87.9 Å². The van der Waals surface area contributed by atoms with Gasteiger partial charge in [-0.05, 0) is 146 Å². The molecule has 4 nitrogen and oxygen atoms in total. The number of aromatic nitrogens is 3. The Bertz CT molecular complexity index is 2140. The van der Waals surface area contributed by atoms with E-state index in [4.69, 9.17) is 15.0 Å². The molecule has 0 amide bonds. The van der Waals surface area contributed by atoms with Gasteiger partial charge in [0.15, 0.2) is 17.5 Å². The van der Waals surface area contributed by atoms with Crippen LogP contribution in [0.1, 0.15) is 93.7 Å². The lowest BCUT2D eigenvalue weighted by atomic mass is 9.47. The van der Waals surface area contributed by atoms with Gasteiger partial charge in [-0.15, -0.1) is 0 Å². The predicted octanol–water partition coefficient (Wildman–Crippen LogP) is 10.8. The number of benzene rings is 4. The highest BCUT2D eigenvalue weighted by Crippen LogP contribution is 2.62. The van der Waals surface area contributed by atoms with Gasteiger partial charge < -0.3 is 0 Å². The van der Waals surface area contributed by atoms with E-state index in [0.29, 0.717) is 16.8 Å². The lowest BCUT2D eigenvalue weighted by molar-refractivity contribution is -0.00523. The van der Waals surface area contributed by atoms with Gasteiger partial charge >= 0.3 is 0 Å². The average Bonchev–Trinajstić information content (AvgIpc) is 3.13. The van der Waals surface area contributed by atoms with Crippen molar-refractivity contribution in [2.24, 2.45) is 35.5 Å². The van der Waals surface area contributed by atoms with Gasteiger partial charge in [-0.3, -0.25) is 0 Å². The van der Waals surface area contributed by atoms with Crippen molar-refractivity contribution in [3.63, 3.8) is 0 Å². The topological polar surface area (TPSA) is 62.5 Å². The van der Waals surface area contributed by atoms with Gasteiger partial charge in [-0.2, -0.15) is 5.26 Å². The molecule has 4 aromatic carbocycles. The van der Waals surface area contributed by atoms with E-state index in [-0.39, 0.29) is 5.41 Å². The zero-order valence-electron chi connectivity index (χ0n) is 28.8. The summed E-state index contributed by atoms with van der Waals surface area (Å²) in [5, 5.41) is 11.9. The Labute approximate surface area is 295 Å². The van der Waals surface area contributed by atoms with Crippen LogP contribution in [0.15, 0.2) is 84.9 Å². The Morgan fingerprint density at radius 3 is 1.60 bits per heavy atom. The second kappa shape index (κ2) is 10.8. The number of nitrogens with zero attached hydrogens (tertiary/aromatic N) is 4. The van der Waals surface area contributed by atoms with Crippen LogP contribution in [-0.4, -0.2) is 15.0 Å². The zero-order valence-corrected chi connectivity index (χ0v) is 28.8. The Balaban J connectivity index is 1.06. The normalized spacial score (nSPS) is 33.2. The number of fused-ring (bicyclic) bond motifs is 1. The van der Waals surface area contributed by atoms with E-state index in [1.165, 1.54) is 93.7 Å². The Morgan fingerprint density at radius 1 is 0.480 bits per heavy atom. The maximum Gasteiger partial charge on any atom is 0.164 e. The summed E-state index contributed by atoms with van der Waals surface area (Å²) in [4.78, 5) is 15.9. The monoisotopic (exact) mass is 652 g/mol. The number of hydrogen-bond donors (Lipinski definition) is 0. The van der Waals surface area contributed by atoms with Crippen molar-refractivity contribution in [3.8, 4) is 40.2 Å². The van der Waals surface area contributed by atoms with Crippen molar-refractivity contribution >= 4 is 10.8 Å². The third kappa shape index (κ3) is 4.51. The van der Waals surface area contributed by atoms with Gasteiger partial charge in [-0.25, -0.2) is 15.0 Å².